The monoisotopic (exact) mass is 369 g/mol. The Bertz CT molecular complexity index is 654. The van der Waals surface area contributed by atoms with Gasteiger partial charge in [0, 0.05) is 39.3 Å². The van der Waals surface area contributed by atoms with Crippen LogP contribution in [0.4, 0.5) is 0 Å². The molecule has 1 N–H and O–H groups in total. The molecule has 23 heavy (non-hydrogen) atoms. The van der Waals surface area contributed by atoms with Crippen LogP contribution < -0.4 is 0 Å². The third-order valence-corrected chi connectivity index (χ3v) is 7.57. The molecule has 2 aliphatic heterocycles. The molecule has 2 rings (SSSR count). The standard InChI is InChI=1S/C12H23N3O6S2/c1-10-7-11(12(16)17)9-15(8-10)23(20,21)14-5-3-13(4-6-14)22(2,18)19/h10-11H,3-9H2,1-2H3,(H,16,17). The zero-order valence-corrected chi connectivity index (χ0v) is 14.9. The summed E-state index contributed by atoms with van der Waals surface area (Å²) in [5.41, 5.74) is 0. The predicted octanol–water partition coefficient (Wildman–Crippen LogP) is -1.15. The van der Waals surface area contributed by atoms with E-state index < -0.39 is 32.1 Å². The van der Waals surface area contributed by atoms with Crippen LogP contribution in [-0.2, 0) is 25.0 Å². The zero-order valence-electron chi connectivity index (χ0n) is 13.3. The van der Waals surface area contributed by atoms with Crippen LogP contribution in [0, 0.1) is 11.8 Å². The molecule has 0 aromatic heterocycles. The number of piperidine rings is 1. The number of hydrogen-bond donors (Lipinski definition) is 1. The maximum atomic E-state index is 12.7. The summed E-state index contributed by atoms with van der Waals surface area (Å²) in [6.45, 7) is 2.48. The molecule has 0 aliphatic carbocycles. The van der Waals surface area contributed by atoms with E-state index in [1.54, 1.807) is 0 Å². The van der Waals surface area contributed by atoms with Crippen LogP contribution in [0.1, 0.15) is 13.3 Å². The van der Waals surface area contributed by atoms with Crippen molar-refractivity contribution in [3.63, 3.8) is 0 Å². The van der Waals surface area contributed by atoms with Crippen LogP contribution in [0.5, 0.6) is 0 Å². The van der Waals surface area contributed by atoms with Gasteiger partial charge in [-0.15, -0.1) is 0 Å². The van der Waals surface area contributed by atoms with Gasteiger partial charge in [0.2, 0.25) is 10.0 Å². The second-order valence-corrected chi connectivity index (χ2v) is 10.2. The maximum absolute atomic E-state index is 12.7. The van der Waals surface area contributed by atoms with Gasteiger partial charge in [0.25, 0.3) is 10.2 Å². The highest BCUT2D eigenvalue weighted by atomic mass is 32.2. The van der Waals surface area contributed by atoms with E-state index in [9.17, 15) is 21.6 Å². The summed E-state index contributed by atoms with van der Waals surface area (Å²) in [4.78, 5) is 11.2. The van der Waals surface area contributed by atoms with Crippen molar-refractivity contribution in [2.45, 2.75) is 13.3 Å². The molecule has 0 bridgehead atoms. The summed E-state index contributed by atoms with van der Waals surface area (Å²) in [7, 11) is -7.10. The lowest BCUT2D eigenvalue weighted by Gasteiger charge is -2.39. The molecule has 0 saturated carbocycles. The number of carboxylic acids is 1. The van der Waals surface area contributed by atoms with Gasteiger partial charge in [0.15, 0.2) is 0 Å². The molecule has 2 unspecified atom stereocenters. The molecule has 2 aliphatic rings. The topological polar surface area (TPSA) is 115 Å². The maximum Gasteiger partial charge on any atom is 0.307 e. The number of carbonyl (C=O) groups is 1. The number of rotatable bonds is 4. The summed E-state index contributed by atoms with van der Waals surface area (Å²) in [5, 5.41) is 9.17. The summed E-state index contributed by atoms with van der Waals surface area (Å²) < 4.78 is 52.1. The lowest BCUT2D eigenvalue weighted by Crippen LogP contribution is -2.56. The number of nitrogens with zero attached hydrogens (tertiary/aromatic N) is 3. The second kappa shape index (κ2) is 6.63. The number of sulfonamides is 1. The van der Waals surface area contributed by atoms with Crippen LogP contribution in [0.15, 0.2) is 0 Å². The fourth-order valence-electron chi connectivity index (χ4n) is 3.07. The average molecular weight is 369 g/mol. The van der Waals surface area contributed by atoms with E-state index in [1.165, 1.54) is 12.9 Å². The Hall–Kier alpha value is -0.750. The number of aliphatic carboxylic acids is 1. The first-order valence-electron chi connectivity index (χ1n) is 7.45. The van der Waals surface area contributed by atoms with Gasteiger partial charge in [-0.2, -0.15) is 21.3 Å². The van der Waals surface area contributed by atoms with Crippen molar-refractivity contribution in [3.8, 4) is 0 Å². The van der Waals surface area contributed by atoms with Crippen LogP contribution in [0.3, 0.4) is 0 Å². The average Bonchev–Trinajstić information content (AvgIpc) is 2.45. The van der Waals surface area contributed by atoms with Crippen molar-refractivity contribution in [2.75, 3.05) is 45.5 Å². The fraction of sp³-hybridized carbons (Fsp3) is 0.917. The minimum atomic E-state index is -3.77. The molecular weight excluding hydrogens is 346 g/mol. The van der Waals surface area contributed by atoms with Crippen molar-refractivity contribution in [1.29, 1.82) is 0 Å². The van der Waals surface area contributed by atoms with Crippen molar-refractivity contribution >= 4 is 26.2 Å². The SMILES string of the molecule is CC1CC(C(=O)O)CN(S(=O)(=O)N2CCN(S(C)(=O)=O)CC2)C1. The van der Waals surface area contributed by atoms with E-state index in [-0.39, 0.29) is 38.6 Å². The quantitative estimate of drug-likeness (QED) is 0.669. The second-order valence-electron chi connectivity index (χ2n) is 6.26. The van der Waals surface area contributed by atoms with Crippen molar-refractivity contribution in [3.05, 3.63) is 0 Å². The van der Waals surface area contributed by atoms with Crippen LogP contribution in [0.25, 0.3) is 0 Å². The highest BCUT2D eigenvalue weighted by Crippen LogP contribution is 2.26. The lowest BCUT2D eigenvalue weighted by atomic mass is 9.92. The van der Waals surface area contributed by atoms with Gasteiger partial charge in [-0.25, -0.2) is 8.42 Å². The minimum absolute atomic E-state index is 0.0306. The van der Waals surface area contributed by atoms with E-state index >= 15 is 0 Å². The van der Waals surface area contributed by atoms with Gasteiger partial charge in [0.05, 0.1) is 12.2 Å². The van der Waals surface area contributed by atoms with Crippen LogP contribution >= 0.6 is 0 Å². The lowest BCUT2D eigenvalue weighted by molar-refractivity contribution is -0.143. The van der Waals surface area contributed by atoms with Gasteiger partial charge in [-0.05, 0) is 12.3 Å². The Morgan fingerprint density at radius 2 is 1.48 bits per heavy atom. The Balaban J connectivity index is 2.08. The fourth-order valence-corrected chi connectivity index (χ4v) is 5.65. The molecule has 11 heteroatoms. The summed E-state index contributed by atoms with van der Waals surface area (Å²) in [5.74, 6) is -1.72. The molecular formula is C12H23N3O6S2. The van der Waals surface area contributed by atoms with Crippen LogP contribution in [0.2, 0.25) is 0 Å². The van der Waals surface area contributed by atoms with Gasteiger partial charge in [0.1, 0.15) is 0 Å². The largest absolute Gasteiger partial charge is 0.481 e. The number of hydrogen-bond acceptors (Lipinski definition) is 5. The smallest absolute Gasteiger partial charge is 0.307 e. The highest BCUT2D eigenvalue weighted by Gasteiger charge is 2.39. The molecule has 134 valence electrons. The van der Waals surface area contributed by atoms with Gasteiger partial charge in [-0.3, -0.25) is 4.79 Å². The first kappa shape index (κ1) is 18.6. The molecule has 2 saturated heterocycles. The molecule has 0 aromatic rings. The molecule has 0 radical (unpaired) electrons. The van der Waals surface area contributed by atoms with Crippen molar-refractivity contribution in [2.24, 2.45) is 11.8 Å². The van der Waals surface area contributed by atoms with Crippen LogP contribution in [-0.4, -0.2) is 86.4 Å². The van der Waals surface area contributed by atoms with Gasteiger partial charge in [-0.1, -0.05) is 6.92 Å². The minimum Gasteiger partial charge on any atom is -0.481 e. The molecule has 0 amide bonds. The predicted molar refractivity (Wildman–Crippen MR) is 83.4 cm³/mol. The van der Waals surface area contributed by atoms with Gasteiger partial charge >= 0.3 is 5.97 Å². The van der Waals surface area contributed by atoms with E-state index in [0.717, 1.165) is 6.26 Å². The highest BCUT2D eigenvalue weighted by molar-refractivity contribution is 7.88. The third-order valence-electron chi connectivity index (χ3n) is 4.29. The summed E-state index contributed by atoms with van der Waals surface area (Å²) >= 11 is 0. The first-order valence-corrected chi connectivity index (χ1v) is 10.7. The van der Waals surface area contributed by atoms with E-state index in [4.69, 9.17) is 5.11 Å². The molecule has 2 atom stereocenters. The Morgan fingerprint density at radius 3 is 1.96 bits per heavy atom. The molecule has 2 fully saturated rings. The third kappa shape index (κ3) is 4.21. The van der Waals surface area contributed by atoms with E-state index in [2.05, 4.69) is 0 Å². The Labute approximate surface area is 137 Å². The number of carboxylic acid groups (broad SMARTS) is 1. The summed E-state index contributed by atoms with van der Waals surface area (Å²) in [6.07, 6.45) is 1.56. The van der Waals surface area contributed by atoms with Crippen molar-refractivity contribution < 1.29 is 26.7 Å². The van der Waals surface area contributed by atoms with E-state index in [0.29, 0.717) is 13.0 Å². The number of piperazine rings is 1. The zero-order chi connectivity index (χ0) is 17.4. The van der Waals surface area contributed by atoms with Gasteiger partial charge < -0.3 is 5.11 Å². The molecule has 0 spiro atoms. The molecule has 2 heterocycles. The Morgan fingerprint density at radius 1 is 0.957 bits per heavy atom. The normalized spacial score (nSPS) is 29.5. The van der Waals surface area contributed by atoms with E-state index in [1.807, 2.05) is 6.92 Å². The molecule has 9 nitrogen and oxygen atoms in total. The summed E-state index contributed by atoms with van der Waals surface area (Å²) in [6, 6.07) is 0. The first-order chi connectivity index (χ1) is 10.5. The van der Waals surface area contributed by atoms with Crippen molar-refractivity contribution in [1.82, 2.24) is 12.9 Å². The Kier molecular flexibility index (Phi) is 5.36. The molecule has 0 aromatic carbocycles.